The molecule has 27 heavy (non-hydrogen) atoms. The van der Waals surface area contributed by atoms with Gasteiger partial charge in [-0.2, -0.15) is 5.10 Å². The number of carbonyl (C=O) groups excluding carboxylic acids is 1. The minimum Gasteiger partial charge on any atom is -0.313 e. The van der Waals surface area contributed by atoms with Crippen molar-refractivity contribution in [2.45, 2.75) is 6.54 Å². The van der Waals surface area contributed by atoms with E-state index in [9.17, 15) is 4.79 Å². The lowest BCUT2D eigenvalue weighted by atomic mass is 10.2. The van der Waals surface area contributed by atoms with Gasteiger partial charge in [-0.3, -0.25) is 9.78 Å². The molecule has 4 rings (SSSR count). The molecule has 1 N–H and O–H groups in total. The van der Waals surface area contributed by atoms with Crippen LogP contribution in [0.4, 0.5) is 0 Å². The quantitative estimate of drug-likeness (QED) is 0.441. The Morgan fingerprint density at radius 3 is 2.59 bits per heavy atom. The van der Waals surface area contributed by atoms with Crippen LogP contribution in [0.5, 0.6) is 0 Å². The van der Waals surface area contributed by atoms with Gasteiger partial charge in [0, 0.05) is 6.20 Å². The zero-order valence-electron chi connectivity index (χ0n) is 14.5. The monoisotopic (exact) mass is 355 g/mol. The van der Waals surface area contributed by atoms with Gasteiger partial charge < -0.3 is 4.57 Å². The molecule has 0 unspecified atom stereocenters. The van der Waals surface area contributed by atoms with Crippen molar-refractivity contribution in [1.82, 2.24) is 20.0 Å². The number of hydrazone groups is 1. The van der Waals surface area contributed by atoms with E-state index in [1.54, 1.807) is 12.4 Å². The van der Waals surface area contributed by atoms with Crippen molar-refractivity contribution in [3.05, 3.63) is 84.6 Å². The summed E-state index contributed by atoms with van der Waals surface area (Å²) in [6, 6.07) is 22.9. The Hall–Kier alpha value is -3.80. The first-order valence-corrected chi connectivity index (χ1v) is 8.55. The maximum atomic E-state index is 12.4. The molecule has 0 bridgehead atoms. The van der Waals surface area contributed by atoms with Crippen LogP contribution in [0, 0.1) is 0 Å². The summed E-state index contributed by atoms with van der Waals surface area (Å²) in [5.74, 6) is 0.418. The number of para-hydroxylation sites is 2. The summed E-state index contributed by atoms with van der Waals surface area (Å²) < 4.78 is 1.85. The smallest absolute Gasteiger partial charge is 0.260 e. The number of nitrogens with zero attached hydrogens (tertiary/aromatic N) is 4. The van der Waals surface area contributed by atoms with E-state index >= 15 is 0 Å². The van der Waals surface area contributed by atoms with Gasteiger partial charge in [0.1, 0.15) is 12.2 Å². The fraction of sp³-hybridized carbons (Fsp3) is 0.0476. The van der Waals surface area contributed by atoms with Crippen molar-refractivity contribution in [2.75, 3.05) is 0 Å². The molecule has 132 valence electrons. The Morgan fingerprint density at radius 2 is 1.78 bits per heavy atom. The Bertz CT molecular complexity index is 1090. The summed E-state index contributed by atoms with van der Waals surface area (Å²) in [5.41, 5.74) is 5.90. The van der Waals surface area contributed by atoms with E-state index in [4.69, 9.17) is 0 Å². The molecule has 0 aliphatic rings. The minimum absolute atomic E-state index is 0.0958. The highest BCUT2D eigenvalue weighted by atomic mass is 16.2. The molecule has 0 spiro atoms. The molecule has 0 fully saturated rings. The first kappa shape index (κ1) is 16.7. The van der Waals surface area contributed by atoms with Gasteiger partial charge in [0.15, 0.2) is 5.82 Å². The summed E-state index contributed by atoms with van der Waals surface area (Å²) in [7, 11) is 0. The summed E-state index contributed by atoms with van der Waals surface area (Å²) in [6.45, 7) is 0.0958. The first-order chi connectivity index (χ1) is 13.3. The maximum Gasteiger partial charge on any atom is 0.260 e. The number of pyridine rings is 1. The average molecular weight is 355 g/mol. The summed E-state index contributed by atoms with van der Waals surface area (Å²) in [4.78, 5) is 21.4. The third kappa shape index (κ3) is 3.74. The fourth-order valence-electron chi connectivity index (χ4n) is 2.82. The van der Waals surface area contributed by atoms with E-state index in [-0.39, 0.29) is 12.5 Å². The van der Waals surface area contributed by atoms with Crippen molar-refractivity contribution < 1.29 is 4.79 Å². The van der Waals surface area contributed by atoms with Crippen LogP contribution >= 0.6 is 0 Å². The van der Waals surface area contributed by atoms with E-state index < -0.39 is 0 Å². The van der Waals surface area contributed by atoms with Crippen LogP contribution in [0.2, 0.25) is 0 Å². The molecule has 0 saturated heterocycles. The highest BCUT2D eigenvalue weighted by Crippen LogP contribution is 2.23. The Balaban J connectivity index is 1.59. The lowest BCUT2D eigenvalue weighted by molar-refractivity contribution is -0.121. The Morgan fingerprint density at radius 1 is 1.00 bits per heavy atom. The molecule has 0 saturated carbocycles. The van der Waals surface area contributed by atoms with Crippen molar-refractivity contribution in [2.24, 2.45) is 5.10 Å². The van der Waals surface area contributed by atoms with E-state index in [0.29, 0.717) is 11.5 Å². The topological polar surface area (TPSA) is 72.2 Å². The number of hydrogen-bond donors (Lipinski definition) is 1. The number of amides is 1. The number of rotatable bonds is 5. The average Bonchev–Trinajstić information content (AvgIpc) is 3.08. The predicted molar refractivity (Wildman–Crippen MR) is 105 cm³/mol. The SMILES string of the molecule is O=C(Cn1c(-c2ccccn2)nc2ccccc21)N/N=C\c1ccccc1. The molecule has 1 amide bonds. The van der Waals surface area contributed by atoms with Crippen LogP contribution < -0.4 is 5.43 Å². The van der Waals surface area contributed by atoms with Crippen molar-refractivity contribution in [3.63, 3.8) is 0 Å². The lowest BCUT2D eigenvalue weighted by Gasteiger charge is -2.07. The van der Waals surface area contributed by atoms with E-state index in [0.717, 1.165) is 16.6 Å². The third-order valence-corrected chi connectivity index (χ3v) is 4.05. The molecule has 2 aromatic carbocycles. The highest BCUT2D eigenvalue weighted by Gasteiger charge is 2.15. The molecule has 0 aliphatic heterocycles. The van der Waals surface area contributed by atoms with E-state index in [2.05, 4.69) is 20.5 Å². The lowest BCUT2D eigenvalue weighted by Crippen LogP contribution is -2.23. The summed E-state index contributed by atoms with van der Waals surface area (Å²) in [5, 5.41) is 4.03. The van der Waals surface area contributed by atoms with Gasteiger partial charge in [0.25, 0.3) is 5.91 Å². The number of fused-ring (bicyclic) bond motifs is 1. The third-order valence-electron chi connectivity index (χ3n) is 4.05. The zero-order chi connectivity index (χ0) is 18.5. The molecule has 4 aromatic rings. The molecule has 2 heterocycles. The Labute approximate surface area is 156 Å². The number of carbonyl (C=O) groups is 1. The van der Waals surface area contributed by atoms with Crippen molar-refractivity contribution >= 4 is 23.2 Å². The van der Waals surface area contributed by atoms with E-state index in [1.807, 2.05) is 77.4 Å². The fourth-order valence-corrected chi connectivity index (χ4v) is 2.82. The minimum atomic E-state index is -0.234. The van der Waals surface area contributed by atoms with Crippen LogP contribution in [0.3, 0.4) is 0 Å². The summed E-state index contributed by atoms with van der Waals surface area (Å²) >= 11 is 0. The number of imidazole rings is 1. The van der Waals surface area contributed by atoms with Gasteiger partial charge in [0.05, 0.1) is 17.2 Å². The second-order valence-corrected chi connectivity index (χ2v) is 5.93. The molecular formula is C21H17N5O. The van der Waals surface area contributed by atoms with Crippen LogP contribution in [0.15, 0.2) is 84.1 Å². The van der Waals surface area contributed by atoms with Gasteiger partial charge in [0.2, 0.25) is 0 Å². The maximum absolute atomic E-state index is 12.4. The molecule has 6 nitrogen and oxygen atoms in total. The van der Waals surface area contributed by atoms with Gasteiger partial charge in [-0.1, -0.05) is 48.5 Å². The van der Waals surface area contributed by atoms with Gasteiger partial charge >= 0.3 is 0 Å². The highest BCUT2D eigenvalue weighted by molar-refractivity contribution is 5.85. The number of aromatic nitrogens is 3. The predicted octanol–water partition coefficient (Wildman–Crippen LogP) is 3.25. The second kappa shape index (κ2) is 7.61. The molecule has 2 aromatic heterocycles. The molecule has 0 aliphatic carbocycles. The molecule has 0 radical (unpaired) electrons. The van der Waals surface area contributed by atoms with Crippen molar-refractivity contribution in [3.8, 4) is 11.5 Å². The second-order valence-electron chi connectivity index (χ2n) is 5.93. The van der Waals surface area contributed by atoms with E-state index in [1.165, 1.54) is 0 Å². The first-order valence-electron chi connectivity index (χ1n) is 8.55. The standard InChI is InChI=1S/C21H17N5O/c27-20(25-23-14-16-8-2-1-3-9-16)15-26-19-12-5-4-10-17(19)24-21(26)18-11-6-7-13-22-18/h1-14H,15H2,(H,25,27)/b23-14-. The largest absolute Gasteiger partial charge is 0.313 e. The molecule has 0 atom stereocenters. The Kier molecular flexibility index (Phi) is 4.70. The van der Waals surface area contributed by atoms with Crippen LogP contribution in [0.1, 0.15) is 5.56 Å². The normalized spacial score (nSPS) is 11.1. The number of hydrogen-bond acceptors (Lipinski definition) is 4. The van der Waals surface area contributed by atoms with Crippen molar-refractivity contribution in [1.29, 1.82) is 0 Å². The number of nitrogens with one attached hydrogen (secondary N) is 1. The summed E-state index contributed by atoms with van der Waals surface area (Å²) in [6.07, 6.45) is 3.33. The van der Waals surface area contributed by atoms with Gasteiger partial charge in [-0.05, 0) is 29.8 Å². The van der Waals surface area contributed by atoms with Crippen LogP contribution in [-0.2, 0) is 11.3 Å². The molecular weight excluding hydrogens is 338 g/mol. The number of benzene rings is 2. The van der Waals surface area contributed by atoms with Gasteiger partial charge in [-0.15, -0.1) is 0 Å². The van der Waals surface area contributed by atoms with Crippen LogP contribution in [-0.4, -0.2) is 26.7 Å². The van der Waals surface area contributed by atoms with Gasteiger partial charge in [-0.25, -0.2) is 10.4 Å². The zero-order valence-corrected chi connectivity index (χ0v) is 14.5. The van der Waals surface area contributed by atoms with Crippen LogP contribution in [0.25, 0.3) is 22.6 Å². The molecule has 6 heteroatoms.